The fourth-order valence-corrected chi connectivity index (χ4v) is 1.78. The highest BCUT2D eigenvalue weighted by Crippen LogP contribution is 2.10. The van der Waals surface area contributed by atoms with Crippen molar-refractivity contribution in [3.8, 4) is 0 Å². The van der Waals surface area contributed by atoms with E-state index in [0.717, 1.165) is 23.9 Å². The first-order valence-corrected chi connectivity index (χ1v) is 6.32. The normalized spacial score (nSPS) is 10.9. The van der Waals surface area contributed by atoms with Crippen LogP contribution >= 0.6 is 0 Å². The summed E-state index contributed by atoms with van der Waals surface area (Å²) in [4.78, 5) is 14.0. The maximum Gasteiger partial charge on any atom is 0.271 e. The maximum atomic E-state index is 11.9. The van der Waals surface area contributed by atoms with Crippen LogP contribution in [0.3, 0.4) is 0 Å². The average molecular weight is 258 g/mol. The molecule has 0 radical (unpaired) electrons. The zero-order chi connectivity index (χ0) is 13.7. The number of aromatic nitrogens is 2. The molecule has 0 saturated carbocycles. The van der Waals surface area contributed by atoms with Crippen LogP contribution in [-0.2, 0) is 0 Å². The Balaban J connectivity index is 1.97. The number of hydrogen-bond donors (Lipinski definition) is 1. The molecule has 0 spiro atoms. The Morgan fingerprint density at radius 2 is 2.05 bits per heavy atom. The van der Waals surface area contributed by atoms with E-state index in [9.17, 15) is 4.79 Å². The van der Waals surface area contributed by atoms with Gasteiger partial charge in [0.15, 0.2) is 5.69 Å². The number of nitrogens with zero attached hydrogens (tertiary/aromatic N) is 3. The van der Waals surface area contributed by atoms with Crippen LogP contribution in [0.15, 0.2) is 30.3 Å². The summed E-state index contributed by atoms with van der Waals surface area (Å²) >= 11 is 0. The van der Waals surface area contributed by atoms with Crippen molar-refractivity contribution in [3.63, 3.8) is 0 Å². The van der Waals surface area contributed by atoms with E-state index in [0.29, 0.717) is 12.2 Å². The van der Waals surface area contributed by atoms with Gasteiger partial charge in [-0.15, -0.1) is 10.2 Å². The second-order valence-electron chi connectivity index (χ2n) is 4.70. The maximum absolute atomic E-state index is 11.9. The first-order valence-electron chi connectivity index (χ1n) is 6.32. The molecule has 1 aromatic carbocycles. The molecule has 2 rings (SSSR count). The molecule has 1 N–H and O–H groups in total. The van der Waals surface area contributed by atoms with Crippen molar-refractivity contribution in [1.29, 1.82) is 0 Å². The molecule has 5 heteroatoms. The van der Waals surface area contributed by atoms with Gasteiger partial charge < -0.3 is 10.2 Å². The van der Waals surface area contributed by atoms with E-state index in [1.54, 1.807) is 6.07 Å². The molecule has 1 heterocycles. The smallest absolute Gasteiger partial charge is 0.271 e. The van der Waals surface area contributed by atoms with Crippen LogP contribution in [-0.4, -0.2) is 48.2 Å². The topological polar surface area (TPSA) is 58.1 Å². The van der Waals surface area contributed by atoms with E-state index < -0.39 is 0 Å². The zero-order valence-electron chi connectivity index (χ0n) is 11.3. The number of benzene rings is 1. The van der Waals surface area contributed by atoms with E-state index in [2.05, 4.69) is 20.4 Å². The standard InChI is InChI=1S/C14H18N4O/c1-18(2)9-5-8-15-14(19)13-10-11-6-3-4-7-12(11)16-17-13/h3-4,6-7,10H,5,8-9H2,1-2H3,(H,15,19). The van der Waals surface area contributed by atoms with Crippen molar-refractivity contribution in [2.45, 2.75) is 6.42 Å². The number of carbonyl (C=O) groups excluding carboxylic acids is 1. The summed E-state index contributed by atoms with van der Waals surface area (Å²) in [7, 11) is 4.02. The van der Waals surface area contributed by atoms with E-state index >= 15 is 0 Å². The molecule has 1 amide bonds. The van der Waals surface area contributed by atoms with Gasteiger partial charge in [-0.25, -0.2) is 0 Å². The highest BCUT2D eigenvalue weighted by Gasteiger charge is 2.08. The minimum atomic E-state index is -0.169. The molecular formula is C14H18N4O. The van der Waals surface area contributed by atoms with Gasteiger partial charge in [-0.2, -0.15) is 0 Å². The van der Waals surface area contributed by atoms with Gasteiger partial charge in [0.2, 0.25) is 0 Å². The molecule has 2 aromatic rings. The van der Waals surface area contributed by atoms with Crippen LogP contribution in [0, 0.1) is 0 Å². The van der Waals surface area contributed by atoms with Crippen molar-refractivity contribution in [1.82, 2.24) is 20.4 Å². The molecule has 0 saturated heterocycles. The molecule has 0 bridgehead atoms. The van der Waals surface area contributed by atoms with Crippen molar-refractivity contribution in [2.24, 2.45) is 0 Å². The molecule has 0 aliphatic carbocycles. The SMILES string of the molecule is CN(C)CCCNC(=O)c1cc2ccccc2nn1. The molecule has 0 aliphatic heterocycles. The third-order valence-corrected chi connectivity index (χ3v) is 2.79. The first-order chi connectivity index (χ1) is 9.16. The van der Waals surface area contributed by atoms with Gasteiger partial charge in [0, 0.05) is 11.9 Å². The fraction of sp³-hybridized carbons (Fsp3) is 0.357. The molecule has 0 fully saturated rings. The third-order valence-electron chi connectivity index (χ3n) is 2.79. The number of hydrogen-bond acceptors (Lipinski definition) is 4. The Morgan fingerprint density at radius 1 is 1.26 bits per heavy atom. The first kappa shape index (κ1) is 13.4. The lowest BCUT2D eigenvalue weighted by atomic mass is 10.2. The summed E-state index contributed by atoms with van der Waals surface area (Å²) in [6.07, 6.45) is 0.916. The summed E-state index contributed by atoms with van der Waals surface area (Å²) in [5.41, 5.74) is 1.16. The van der Waals surface area contributed by atoms with Crippen molar-refractivity contribution in [2.75, 3.05) is 27.2 Å². The lowest BCUT2D eigenvalue weighted by Gasteiger charge is -2.09. The molecular weight excluding hydrogens is 240 g/mol. The minimum Gasteiger partial charge on any atom is -0.351 e. The van der Waals surface area contributed by atoms with Gasteiger partial charge in [-0.1, -0.05) is 18.2 Å². The fourth-order valence-electron chi connectivity index (χ4n) is 1.78. The van der Waals surface area contributed by atoms with Gasteiger partial charge in [-0.3, -0.25) is 4.79 Å². The Hall–Kier alpha value is -2.01. The number of fused-ring (bicyclic) bond motifs is 1. The van der Waals surface area contributed by atoms with Gasteiger partial charge in [-0.05, 0) is 39.2 Å². The van der Waals surface area contributed by atoms with Crippen molar-refractivity contribution in [3.05, 3.63) is 36.0 Å². The van der Waals surface area contributed by atoms with Gasteiger partial charge >= 0.3 is 0 Å². The quantitative estimate of drug-likeness (QED) is 0.822. The van der Waals surface area contributed by atoms with Crippen LogP contribution in [0.1, 0.15) is 16.9 Å². The van der Waals surface area contributed by atoms with Crippen molar-refractivity contribution < 1.29 is 4.79 Å². The molecule has 19 heavy (non-hydrogen) atoms. The van der Waals surface area contributed by atoms with Crippen LogP contribution in [0.5, 0.6) is 0 Å². The third kappa shape index (κ3) is 3.72. The monoisotopic (exact) mass is 258 g/mol. The summed E-state index contributed by atoms with van der Waals surface area (Å²) < 4.78 is 0. The highest BCUT2D eigenvalue weighted by atomic mass is 16.1. The molecule has 0 atom stereocenters. The summed E-state index contributed by atoms with van der Waals surface area (Å²) in [5.74, 6) is -0.169. The van der Waals surface area contributed by atoms with E-state index in [4.69, 9.17) is 0 Å². The lowest BCUT2D eigenvalue weighted by Crippen LogP contribution is -2.28. The summed E-state index contributed by atoms with van der Waals surface area (Å²) in [6, 6.07) is 9.39. The number of nitrogens with one attached hydrogen (secondary N) is 1. The molecule has 5 nitrogen and oxygen atoms in total. The van der Waals surface area contributed by atoms with Crippen LogP contribution in [0.4, 0.5) is 0 Å². The average Bonchev–Trinajstić information content (AvgIpc) is 2.42. The summed E-state index contributed by atoms with van der Waals surface area (Å²) in [6.45, 7) is 1.59. The second-order valence-corrected chi connectivity index (χ2v) is 4.70. The van der Waals surface area contributed by atoms with Crippen LogP contribution < -0.4 is 5.32 Å². The molecule has 0 unspecified atom stereocenters. The largest absolute Gasteiger partial charge is 0.351 e. The van der Waals surface area contributed by atoms with E-state index in [-0.39, 0.29) is 5.91 Å². The van der Waals surface area contributed by atoms with Crippen molar-refractivity contribution >= 4 is 16.8 Å². The minimum absolute atomic E-state index is 0.169. The Morgan fingerprint density at radius 3 is 2.84 bits per heavy atom. The number of amides is 1. The van der Waals surface area contributed by atoms with Crippen LogP contribution in [0.2, 0.25) is 0 Å². The second kappa shape index (κ2) is 6.24. The number of rotatable bonds is 5. The van der Waals surface area contributed by atoms with Gasteiger partial charge in [0.25, 0.3) is 5.91 Å². The predicted octanol–water partition coefficient (Wildman–Crippen LogP) is 1.31. The van der Waals surface area contributed by atoms with Crippen LogP contribution in [0.25, 0.3) is 10.9 Å². The Bertz CT molecular complexity index is 568. The Labute approximate surface area is 112 Å². The van der Waals surface area contributed by atoms with Gasteiger partial charge in [0.05, 0.1) is 5.52 Å². The number of carbonyl (C=O) groups is 1. The molecule has 100 valence electrons. The molecule has 0 aliphatic rings. The zero-order valence-corrected chi connectivity index (χ0v) is 11.3. The Kier molecular flexibility index (Phi) is 4.41. The summed E-state index contributed by atoms with van der Waals surface area (Å²) in [5, 5.41) is 11.8. The molecule has 1 aromatic heterocycles. The highest BCUT2D eigenvalue weighted by molar-refractivity contribution is 5.95. The van der Waals surface area contributed by atoms with E-state index in [1.807, 2.05) is 38.4 Å². The lowest BCUT2D eigenvalue weighted by molar-refractivity contribution is 0.0946. The predicted molar refractivity (Wildman–Crippen MR) is 75.0 cm³/mol. The van der Waals surface area contributed by atoms with E-state index in [1.165, 1.54) is 0 Å². The van der Waals surface area contributed by atoms with Gasteiger partial charge in [0.1, 0.15) is 0 Å².